The maximum Gasteiger partial charge on any atom is 0.0525 e. The second kappa shape index (κ2) is 5.92. The fraction of sp³-hybridized carbons (Fsp3) is 0.500. The van der Waals surface area contributed by atoms with Crippen LogP contribution >= 0.6 is 23.4 Å². The maximum absolute atomic E-state index is 8.85. The summed E-state index contributed by atoms with van der Waals surface area (Å²) in [5.74, 6) is 0.719. The Morgan fingerprint density at radius 3 is 2.94 bits per heavy atom. The zero-order chi connectivity index (χ0) is 11.4. The van der Waals surface area contributed by atoms with Gasteiger partial charge in [-0.25, -0.2) is 0 Å². The van der Waals surface area contributed by atoms with Crippen LogP contribution < -0.4 is 5.32 Å². The van der Waals surface area contributed by atoms with E-state index in [4.69, 9.17) is 16.7 Å². The molecule has 4 heteroatoms. The Kier molecular flexibility index (Phi) is 4.53. The second-order valence-corrected chi connectivity index (χ2v) is 5.55. The van der Waals surface area contributed by atoms with E-state index in [-0.39, 0.29) is 6.61 Å². The molecule has 0 heterocycles. The molecule has 1 fully saturated rings. The molecule has 0 spiro atoms. The van der Waals surface area contributed by atoms with Gasteiger partial charge in [-0.1, -0.05) is 17.7 Å². The van der Waals surface area contributed by atoms with Crippen molar-refractivity contribution < 1.29 is 5.11 Å². The molecule has 0 unspecified atom stereocenters. The van der Waals surface area contributed by atoms with E-state index < -0.39 is 0 Å². The fourth-order valence-electron chi connectivity index (χ4n) is 1.51. The molecule has 0 atom stereocenters. The summed E-state index contributed by atoms with van der Waals surface area (Å²) in [4.78, 5) is 1.18. The molecule has 2 nitrogen and oxygen atoms in total. The molecule has 0 aliphatic heterocycles. The van der Waals surface area contributed by atoms with E-state index in [9.17, 15) is 0 Å². The summed E-state index contributed by atoms with van der Waals surface area (Å²) in [5, 5.41) is 13.1. The van der Waals surface area contributed by atoms with E-state index in [0.717, 1.165) is 17.3 Å². The van der Waals surface area contributed by atoms with Crippen molar-refractivity contribution in [3.8, 4) is 0 Å². The van der Waals surface area contributed by atoms with Crippen molar-refractivity contribution in [2.75, 3.05) is 12.4 Å². The van der Waals surface area contributed by atoms with Gasteiger partial charge in [-0.3, -0.25) is 0 Å². The largest absolute Gasteiger partial charge is 0.396 e. The molecule has 0 radical (unpaired) electrons. The first-order valence-electron chi connectivity index (χ1n) is 5.55. The highest BCUT2D eigenvalue weighted by Gasteiger charge is 2.20. The van der Waals surface area contributed by atoms with Crippen LogP contribution in [0.25, 0.3) is 0 Å². The highest BCUT2D eigenvalue weighted by Crippen LogP contribution is 2.27. The van der Waals surface area contributed by atoms with Crippen molar-refractivity contribution >= 4 is 23.4 Å². The molecule has 1 aliphatic rings. The van der Waals surface area contributed by atoms with Gasteiger partial charge in [-0.05, 0) is 30.5 Å². The van der Waals surface area contributed by atoms with Gasteiger partial charge in [0.05, 0.1) is 6.61 Å². The van der Waals surface area contributed by atoms with Crippen molar-refractivity contribution in [3.05, 3.63) is 28.8 Å². The third kappa shape index (κ3) is 3.67. The fourth-order valence-corrected chi connectivity index (χ4v) is 2.59. The molecular weight excluding hydrogens is 242 g/mol. The number of nitrogens with one attached hydrogen (secondary N) is 1. The molecule has 2 N–H and O–H groups in total. The van der Waals surface area contributed by atoms with Crippen LogP contribution in [0.5, 0.6) is 0 Å². The van der Waals surface area contributed by atoms with Crippen molar-refractivity contribution in [2.45, 2.75) is 30.3 Å². The van der Waals surface area contributed by atoms with Crippen LogP contribution in [0.15, 0.2) is 23.1 Å². The van der Waals surface area contributed by atoms with E-state index in [0.29, 0.717) is 6.04 Å². The van der Waals surface area contributed by atoms with Crippen molar-refractivity contribution in [3.63, 3.8) is 0 Å². The van der Waals surface area contributed by atoms with Crippen LogP contribution in [0.3, 0.4) is 0 Å². The number of hydrogen-bond donors (Lipinski definition) is 2. The molecule has 0 bridgehead atoms. The Labute approximate surface area is 105 Å². The molecule has 88 valence electrons. The molecule has 2 rings (SSSR count). The lowest BCUT2D eigenvalue weighted by atomic mass is 10.2. The molecule has 0 amide bonds. The highest BCUT2D eigenvalue weighted by atomic mass is 35.5. The number of aliphatic hydroxyl groups is 1. The molecule has 1 aromatic carbocycles. The van der Waals surface area contributed by atoms with Crippen molar-refractivity contribution in [1.82, 2.24) is 5.32 Å². The predicted molar refractivity (Wildman–Crippen MR) is 69.1 cm³/mol. The Morgan fingerprint density at radius 1 is 1.44 bits per heavy atom. The quantitative estimate of drug-likeness (QED) is 0.769. The minimum atomic E-state index is 0.201. The van der Waals surface area contributed by atoms with Gasteiger partial charge in [0.2, 0.25) is 0 Å². The molecule has 1 saturated carbocycles. The van der Waals surface area contributed by atoms with Gasteiger partial charge in [-0.15, -0.1) is 11.8 Å². The van der Waals surface area contributed by atoms with Crippen molar-refractivity contribution in [2.24, 2.45) is 0 Å². The Morgan fingerprint density at radius 2 is 2.25 bits per heavy atom. The lowest BCUT2D eigenvalue weighted by Crippen LogP contribution is -2.15. The first-order valence-corrected chi connectivity index (χ1v) is 6.91. The van der Waals surface area contributed by atoms with Crippen LogP contribution in [0, 0.1) is 0 Å². The van der Waals surface area contributed by atoms with Crippen LogP contribution in [0.1, 0.15) is 18.4 Å². The normalized spacial score (nSPS) is 15.4. The Bertz CT molecular complexity index is 355. The molecular formula is C12H16ClNOS. The molecule has 0 saturated heterocycles. The number of hydrogen-bond acceptors (Lipinski definition) is 3. The Balaban J connectivity index is 2.00. The van der Waals surface area contributed by atoms with Gasteiger partial charge in [0.15, 0.2) is 0 Å². The minimum Gasteiger partial charge on any atom is -0.396 e. The second-order valence-electron chi connectivity index (χ2n) is 3.98. The average Bonchev–Trinajstić information content (AvgIpc) is 3.09. The van der Waals surface area contributed by atoms with E-state index in [1.165, 1.54) is 23.3 Å². The zero-order valence-electron chi connectivity index (χ0n) is 9.08. The van der Waals surface area contributed by atoms with E-state index >= 15 is 0 Å². The number of rotatable bonds is 6. The molecule has 1 aliphatic carbocycles. The van der Waals surface area contributed by atoms with Gasteiger partial charge in [0, 0.05) is 28.3 Å². The number of benzene rings is 1. The number of aliphatic hydroxyl groups excluding tert-OH is 1. The van der Waals surface area contributed by atoms with Crippen molar-refractivity contribution in [1.29, 1.82) is 0 Å². The summed E-state index contributed by atoms with van der Waals surface area (Å²) >= 11 is 7.63. The monoisotopic (exact) mass is 257 g/mol. The predicted octanol–water partition coefficient (Wildman–Crippen LogP) is 2.68. The lowest BCUT2D eigenvalue weighted by Gasteiger charge is -2.10. The van der Waals surface area contributed by atoms with E-state index in [1.54, 1.807) is 11.8 Å². The SMILES string of the molecule is OCCSc1cc(Cl)ccc1CNC1CC1. The third-order valence-electron chi connectivity index (χ3n) is 2.54. The highest BCUT2D eigenvalue weighted by molar-refractivity contribution is 7.99. The van der Waals surface area contributed by atoms with Crippen LogP contribution in [0.2, 0.25) is 5.02 Å². The van der Waals surface area contributed by atoms with Crippen LogP contribution in [0.4, 0.5) is 0 Å². The summed E-state index contributed by atoms with van der Waals surface area (Å²) in [5.41, 5.74) is 1.27. The zero-order valence-corrected chi connectivity index (χ0v) is 10.7. The van der Waals surface area contributed by atoms with Gasteiger partial charge in [0.25, 0.3) is 0 Å². The molecule has 0 aromatic heterocycles. The summed E-state index contributed by atoms with van der Waals surface area (Å²) < 4.78 is 0. The first kappa shape index (κ1) is 12.2. The van der Waals surface area contributed by atoms with E-state index in [1.807, 2.05) is 12.1 Å². The molecule has 16 heavy (non-hydrogen) atoms. The van der Waals surface area contributed by atoms with E-state index in [2.05, 4.69) is 11.4 Å². The lowest BCUT2D eigenvalue weighted by molar-refractivity contribution is 0.322. The molecule has 1 aromatic rings. The van der Waals surface area contributed by atoms with Gasteiger partial charge in [-0.2, -0.15) is 0 Å². The maximum atomic E-state index is 8.85. The minimum absolute atomic E-state index is 0.201. The van der Waals surface area contributed by atoms with Gasteiger partial charge >= 0.3 is 0 Å². The topological polar surface area (TPSA) is 32.3 Å². The van der Waals surface area contributed by atoms with Crippen LogP contribution in [-0.4, -0.2) is 23.5 Å². The standard InChI is InChI=1S/C12H16ClNOS/c13-10-2-1-9(8-14-11-3-4-11)12(7-10)16-6-5-15/h1-2,7,11,14-15H,3-6,8H2. The first-order chi connectivity index (χ1) is 7.79. The average molecular weight is 258 g/mol. The number of thioether (sulfide) groups is 1. The summed E-state index contributed by atoms with van der Waals surface area (Å²) in [6.45, 7) is 1.10. The van der Waals surface area contributed by atoms with Gasteiger partial charge < -0.3 is 10.4 Å². The van der Waals surface area contributed by atoms with Gasteiger partial charge in [0.1, 0.15) is 0 Å². The summed E-state index contributed by atoms with van der Waals surface area (Å²) in [7, 11) is 0. The summed E-state index contributed by atoms with van der Waals surface area (Å²) in [6.07, 6.45) is 2.60. The number of halogens is 1. The smallest absolute Gasteiger partial charge is 0.0525 e. The van der Waals surface area contributed by atoms with Crippen LogP contribution in [-0.2, 0) is 6.54 Å². The Hall–Kier alpha value is -0.220. The third-order valence-corrected chi connectivity index (χ3v) is 3.85. The summed E-state index contributed by atoms with van der Waals surface area (Å²) in [6, 6.07) is 6.68.